The van der Waals surface area contributed by atoms with Crippen LogP contribution in [-0.2, 0) is 4.79 Å². The summed E-state index contributed by atoms with van der Waals surface area (Å²) in [4.78, 5) is 12.7. The van der Waals surface area contributed by atoms with Gasteiger partial charge in [0.15, 0.2) is 11.5 Å². The normalized spacial score (nSPS) is 18.6. The second-order valence-electron chi connectivity index (χ2n) is 6.54. The fourth-order valence-corrected chi connectivity index (χ4v) is 3.21. The minimum Gasteiger partial charge on any atom is -0.493 e. The van der Waals surface area contributed by atoms with Crippen LogP contribution < -0.4 is 30.4 Å². The molecule has 2 aromatic carbocycles. The van der Waals surface area contributed by atoms with E-state index in [0.717, 1.165) is 5.56 Å². The molecule has 1 saturated heterocycles. The molecule has 0 radical (unpaired) electrons. The zero-order chi connectivity index (χ0) is 20.3. The van der Waals surface area contributed by atoms with E-state index < -0.39 is 6.04 Å². The Kier molecular flexibility index (Phi) is 6.01. The van der Waals surface area contributed by atoms with Gasteiger partial charge in [-0.05, 0) is 30.5 Å². The molecule has 1 aliphatic rings. The van der Waals surface area contributed by atoms with Crippen molar-refractivity contribution in [2.24, 2.45) is 0 Å². The number of methoxy groups -OCH3 is 3. The maximum Gasteiger partial charge on any atom is 0.242 e. The number of benzene rings is 2. The molecule has 3 rings (SSSR count). The van der Waals surface area contributed by atoms with Gasteiger partial charge in [0.2, 0.25) is 11.7 Å². The zero-order valence-electron chi connectivity index (χ0n) is 16.3. The predicted octanol–water partition coefficient (Wildman–Crippen LogP) is 2.71. The molecule has 0 spiro atoms. The summed E-state index contributed by atoms with van der Waals surface area (Å²) in [6.07, 6.45) is 0.529. The molecule has 2 atom stereocenters. The Morgan fingerprint density at radius 2 is 1.75 bits per heavy atom. The van der Waals surface area contributed by atoms with Crippen LogP contribution in [0.4, 0.5) is 10.1 Å². The summed E-state index contributed by atoms with van der Waals surface area (Å²) < 4.78 is 29.4. The number of hydrazine groups is 1. The number of anilines is 1. The van der Waals surface area contributed by atoms with Crippen molar-refractivity contribution in [3.63, 3.8) is 0 Å². The molecule has 0 bridgehead atoms. The van der Waals surface area contributed by atoms with Gasteiger partial charge in [-0.15, -0.1) is 0 Å². The Labute approximate surface area is 163 Å². The molecular weight excluding hydrogens is 365 g/mol. The summed E-state index contributed by atoms with van der Waals surface area (Å²) in [7, 11) is 4.55. The van der Waals surface area contributed by atoms with Gasteiger partial charge < -0.3 is 19.5 Å². The van der Waals surface area contributed by atoms with E-state index in [1.165, 1.54) is 27.4 Å². The van der Waals surface area contributed by atoms with E-state index in [4.69, 9.17) is 14.2 Å². The van der Waals surface area contributed by atoms with Gasteiger partial charge in [0.05, 0.1) is 21.3 Å². The highest BCUT2D eigenvalue weighted by Gasteiger charge is 2.30. The lowest BCUT2D eigenvalue weighted by Crippen LogP contribution is -2.39. The van der Waals surface area contributed by atoms with Crippen molar-refractivity contribution < 1.29 is 23.4 Å². The first kappa shape index (κ1) is 19.9. The monoisotopic (exact) mass is 389 g/mol. The molecule has 2 aromatic rings. The van der Waals surface area contributed by atoms with Gasteiger partial charge in [-0.2, -0.15) is 0 Å². The third-order valence-corrected chi connectivity index (χ3v) is 4.74. The minimum absolute atomic E-state index is 0.0880. The van der Waals surface area contributed by atoms with E-state index in [1.807, 2.05) is 0 Å². The van der Waals surface area contributed by atoms with Crippen molar-refractivity contribution >= 4 is 11.6 Å². The molecule has 0 aromatic heterocycles. The lowest BCUT2D eigenvalue weighted by atomic mass is 10.00. The van der Waals surface area contributed by atoms with Crippen molar-refractivity contribution in [1.29, 1.82) is 0 Å². The lowest BCUT2D eigenvalue weighted by molar-refractivity contribution is -0.117. The number of amides is 1. The molecule has 1 heterocycles. The van der Waals surface area contributed by atoms with E-state index in [2.05, 4.69) is 16.2 Å². The highest BCUT2D eigenvalue weighted by molar-refractivity contribution is 5.95. The van der Waals surface area contributed by atoms with Crippen LogP contribution in [0.15, 0.2) is 30.3 Å². The predicted molar refractivity (Wildman–Crippen MR) is 103 cm³/mol. The number of carbonyl (C=O) groups excluding carboxylic acids is 1. The lowest BCUT2D eigenvalue weighted by Gasteiger charge is -2.16. The van der Waals surface area contributed by atoms with Gasteiger partial charge in [-0.25, -0.2) is 15.2 Å². The van der Waals surface area contributed by atoms with Crippen molar-refractivity contribution in [3.8, 4) is 17.2 Å². The first-order valence-corrected chi connectivity index (χ1v) is 8.84. The molecule has 1 amide bonds. The topological polar surface area (TPSA) is 80.9 Å². The Morgan fingerprint density at radius 3 is 2.32 bits per heavy atom. The molecule has 7 nitrogen and oxygen atoms in total. The Balaban J connectivity index is 1.71. The minimum atomic E-state index is -0.450. The SMILES string of the molecule is COc1cc(NC(=O)C2CC(c3ccc(F)c(C)c3)NN2)cc(OC)c1OC. The van der Waals surface area contributed by atoms with E-state index >= 15 is 0 Å². The summed E-state index contributed by atoms with van der Waals surface area (Å²) >= 11 is 0. The molecule has 2 unspecified atom stereocenters. The third kappa shape index (κ3) is 4.02. The van der Waals surface area contributed by atoms with Crippen LogP contribution in [0.25, 0.3) is 0 Å². The number of hydrogen-bond acceptors (Lipinski definition) is 6. The van der Waals surface area contributed by atoms with Crippen LogP contribution in [0, 0.1) is 12.7 Å². The van der Waals surface area contributed by atoms with Crippen molar-refractivity contribution in [2.45, 2.75) is 25.4 Å². The third-order valence-electron chi connectivity index (χ3n) is 4.74. The summed E-state index contributed by atoms with van der Waals surface area (Å²) in [5.41, 5.74) is 8.12. The largest absolute Gasteiger partial charge is 0.493 e. The second kappa shape index (κ2) is 8.45. The number of rotatable bonds is 6. The average Bonchev–Trinajstić information content (AvgIpc) is 3.19. The van der Waals surface area contributed by atoms with Crippen LogP contribution in [0.1, 0.15) is 23.6 Å². The maximum atomic E-state index is 13.5. The summed E-state index contributed by atoms with van der Waals surface area (Å²) in [5.74, 6) is 0.911. The van der Waals surface area contributed by atoms with Gasteiger partial charge in [-0.1, -0.05) is 12.1 Å². The van der Waals surface area contributed by atoms with Crippen LogP contribution >= 0.6 is 0 Å². The van der Waals surface area contributed by atoms with Gasteiger partial charge in [-0.3, -0.25) is 4.79 Å². The number of nitrogens with one attached hydrogen (secondary N) is 3. The first-order chi connectivity index (χ1) is 13.5. The first-order valence-electron chi connectivity index (χ1n) is 8.84. The molecule has 0 aliphatic carbocycles. The zero-order valence-corrected chi connectivity index (χ0v) is 16.3. The quantitative estimate of drug-likeness (QED) is 0.705. The van der Waals surface area contributed by atoms with Crippen molar-refractivity contribution in [2.75, 3.05) is 26.6 Å². The average molecular weight is 389 g/mol. The van der Waals surface area contributed by atoms with E-state index in [-0.39, 0.29) is 17.8 Å². The summed E-state index contributed by atoms with van der Waals surface area (Å²) in [5, 5.41) is 2.86. The second-order valence-corrected chi connectivity index (χ2v) is 6.54. The fraction of sp³-hybridized carbons (Fsp3) is 0.350. The molecule has 3 N–H and O–H groups in total. The van der Waals surface area contributed by atoms with E-state index in [9.17, 15) is 9.18 Å². The highest BCUT2D eigenvalue weighted by Crippen LogP contribution is 2.40. The molecule has 0 saturated carbocycles. The van der Waals surface area contributed by atoms with E-state index in [0.29, 0.717) is 34.9 Å². The van der Waals surface area contributed by atoms with E-state index in [1.54, 1.807) is 31.2 Å². The Hall–Kier alpha value is -2.84. The number of carbonyl (C=O) groups is 1. The maximum absolute atomic E-state index is 13.5. The van der Waals surface area contributed by atoms with Crippen molar-refractivity contribution in [1.82, 2.24) is 10.9 Å². The fourth-order valence-electron chi connectivity index (χ4n) is 3.21. The van der Waals surface area contributed by atoms with Crippen LogP contribution in [0.5, 0.6) is 17.2 Å². The van der Waals surface area contributed by atoms with Crippen molar-refractivity contribution in [3.05, 3.63) is 47.3 Å². The smallest absolute Gasteiger partial charge is 0.242 e. The number of ether oxygens (including phenoxy) is 3. The number of hydrogen-bond donors (Lipinski definition) is 3. The van der Waals surface area contributed by atoms with Gasteiger partial charge >= 0.3 is 0 Å². The molecule has 150 valence electrons. The Morgan fingerprint density at radius 1 is 1.07 bits per heavy atom. The van der Waals surface area contributed by atoms with Gasteiger partial charge in [0, 0.05) is 23.9 Å². The standard InChI is InChI=1S/C20H24FN3O4/c1-11-7-12(5-6-14(11)21)15-10-16(24-23-15)20(25)22-13-8-17(26-2)19(28-4)18(9-13)27-3/h5-9,15-16,23-24H,10H2,1-4H3,(H,22,25). The molecule has 1 fully saturated rings. The molecular formula is C20H24FN3O4. The van der Waals surface area contributed by atoms with Crippen LogP contribution in [0.3, 0.4) is 0 Å². The van der Waals surface area contributed by atoms with Crippen LogP contribution in [-0.4, -0.2) is 33.3 Å². The van der Waals surface area contributed by atoms with Gasteiger partial charge in [0.1, 0.15) is 11.9 Å². The van der Waals surface area contributed by atoms with Crippen LogP contribution in [0.2, 0.25) is 0 Å². The Bertz CT molecular complexity index is 850. The molecule has 1 aliphatic heterocycles. The molecule has 8 heteroatoms. The highest BCUT2D eigenvalue weighted by atomic mass is 19.1. The number of halogens is 1. The van der Waals surface area contributed by atoms with Gasteiger partial charge in [0.25, 0.3) is 0 Å². The molecule has 28 heavy (non-hydrogen) atoms. The summed E-state index contributed by atoms with van der Waals surface area (Å²) in [6, 6.07) is 7.75. The summed E-state index contributed by atoms with van der Waals surface area (Å²) in [6.45, 7) is 1.72. The number of aryl methyl sites for hydroxylation is 1.